The molecule has 0 saturated heterocycles. The monoisotopic (exact) mass is 143 g/mol. The van der Waals surface area contributed by atoms with E-state index in [9.17, 15) is 0 Å². The second kappa shape index (κ2) is 3.44. The summed E-state index contributed by atoms with van der Waals surface area (Å²) in [6, 6.07) is 7.69. The van der Waals surface area contributed by atoms with E-state index >= 15 is 0 Å². The van der Waals surface area contributed by atoms with Crippen LogP contribution in [0.4, 0.5) is 5.69 Å². The Hall–Kier alpha value is -0.590. The van der Waals surface area contributed by atoms with Crippen molar-refractivity contribution in [3.05, 3.63) is 24.3 Å². The summed E-state index contributed by atoms with van der Waals surface area (Å²) < 4.78 is 0. The van der Waals surface area contributed by atoms with Gasteiger partial charge in [0.1, 0.15) is 0 Å². The Morgan fingerprint density at radius 2 is 2.00 bits per heavy atom. The van der Waals surface area contributed by atoms with Gasteiger partial charge in [-0.3, -0.25) is 0 Å². The van der Waals surface area contributed by atoms with Gasteiger partial charge in [0.15, 0.2) is 0 Å². The van der Waals surface area contributed by atoms with Crippen LogP contribution in [0.15, 0.2) is 24.3 Å². The Labute approximate surface area is 56.6 Å². The largest absolute Gasteiger partial charge is 0.412 e. The maximum atomic E-state index is 5.45. The molecule has 0 aliphatic carbocycles. The number of anilines is 1. The van der Waals surface area contributed by atoms with Crippen molar-refractivity contribution in [1.82, 2.24) is 0 Å². The summed E-state index contributed by atoms with van der Waals surface area (Å²) in [5.74, 6) is 0. The van der Waals surface area contributed by atoms with Crippen molar-refractivity contribution in [3.63, 3.8) is 0 Å². The van der Waals surface area contributed by atoms with Crippen LogP contribution in [0, 0.1) is 0 Å². The van der Waals surface area contributed by atoms with Crippen LogP contribution in [0.2, 0.25) is 0 Å². The van der Waals surface area contributed by atoms with E-state index in [2.05, 4.69) is 9.24 Å². The SMILES string of the molecule is Nc1cccc(P)c1.O. The first kappa shape index (κ1) is 8.41. The minimum atomic E-state index is 0. The van der Waals surface area contributed by atoms with E-state index in [1.807, 2.05) is 24.3 Å². The van der Waals surface area contributed by atoms with Gasteiger partial charge in [0.2, 0.25) is 0 Å². The lowest BCUT2D eigenvalue weighted by atomic mass is 10.3. The third-order valence-electron chi connectivity index (χ3n) is 0.911. The minimum Gasteiger partial charge on any atom is -0.412 e. The van der Waals surface area contributed by atoms with Crippen molar-refractivity contribution in [2.75, 3.05) is 5.73 Å². The highest BCUT2D eigenvalue weighted by atomic mass is 31.0. The summed E-state index contributed by atoms with van der Waals surface area (Å²) in [5.41, 5.74) is 6.26. The fraction of sp³-hybridized carbons (Fsp3) is 0. The summed E-state index contributed by atoms with van der Waals surface area (Å²) in [4.78, 5) is 0. The van der Waals surface area contributed by atoms with Gasteiger partial charge < -0.3 is 11.2 Å². The number of rotatable bonds is 0. The number of nitrogens with two attached hydrogens (primary N) is 1. The van der Waals surface area contributed by atoms with E-state index in [0.717, 1.165) is 11.0 Å². The van der Waals surface area contributed by atoms with Crippen molar-refractivity contribution in [2.45, 2.75) is 0 Å². The van der Waals surface area contributed by atoms with Crippen molar-refractivity contribution in [3.8, 4) is 0 Å². The fourth-order valence-corrected chi connectivity index (χ4v) is 0.863. The molecule has 1 unspecified atom stereocenters. The van der Waals surface area contributed by atoms with Crippen molar-refractivity contribution < 1.29 is 5.48 Å². The maximum Gasteiger partial charge on any atom is 0.0320 e. The van der Waals surface area contributed by atoms with Crippen molar-refractivity contribution in [1.29, 1.82) is 0 Å². The zero-order valence-corrected chi connectivity index (χ0v) is 6.12. The third kappa shape index (κ3) is 2.45. The van der Waals surface area contributed by atoms with Gasteiger partial charge in [-0.15, -0.1) is 9.24 Å². The molecule has 3 heteroatoms. The topological polar surface area (TPSA) is 57.5 Å². The van der Waals surface area contributed by atoms with E-state index in [-0.39, 0.29) is 5.48 Å². The van der Waals surface area contributed by atoms with Gasteiger partial charge in [-0.05, 0) is 17.4 Å². The first-order valence-corrected chi connectivity index (χ1v) is 2.98. The first-order valence-electron chi connectivity index (χ1n) is 2.40. The molecule has 50 valence electrons. The highest BCUT2D eigenvalue weighted by Gasteiger charge is 1.81. The zero-order valence-electron chi connectivity index (χ0n) is 4.96. The summed E-state index contributed by atoms with van der Waals surface area (Å²) in [5, 5.41) is 1.13. The number of hydrogen-bond acceptors (Lipinski definition) is 1. The van der Waals surface area contributed by atoms with E-state index in [0.29, 0.717) is 0 Å². The molecule has 1 aromatic rings. The Balaban J connectivity index is 0.000000640. The molecule has 0 amide bonds. The van der Waals surface area contributed by atoms with Gasteiger partial charge in [0.05, 0.1) is 0 Å². The molecule has 4 N–H and O–H groups in total. The molecule has 2 nitrogen and oxygen atoms in total. The lowest BCUT2D eigenvalue weighted by molar-refractivity contribution is 0.824. The van der Waals surface area contributed by atoms with E-state index in [4.69, 9.17) is 5.73 Å². The second-order valence-corrected chi connectivity index (χ2v) is 2.34. The Morgan fingerprint density at radius 1 is 1.33 bits per heavy atom. The zero-order chi connectivity index (χ0) is 5.98. The molecular weight excluding hydrogens is 133 g/mol. The predicted molar refractivity (Wildman–Crippen MR) is 43.8 cm³/mol. The molecule has 0 saturated carbocycles. The third-order valence-corrected chi connectivity index (χ3v) is 1.27. The van der Waals surface area contributed by atoms with Gasteiger partial charge in [0, 0.05) is 5.69 Å². The fourth-order valence-electron chi connectivity index (χ4n) is 0.559. The molecule has 0 bridgehead atoms. The van der Waals surface area contributed by atoms with Crippen LogP contribution < -0.4 is 11.0 Å². The highest BCUT2D eigenvalue weighted by Crippen LogP contribution is 1.98. The number of benzene rings is 1. The molecule has 0 spiro atoms. The number of hydrogen-bond donors (Lipinski definition) is 1. The van der Waals surface area contributed by atoms with Crippen LogP contribution in [-0.4, -0.2) is 5.48 Å². The van der Waals surface area contributed by atoms with Crippen molar-refractivity contribution >= 4 is 20.2 Å². The van der Waals surface area contributed by atoms with Gasteiger partial charge >= 0.3 is 0 Å². The summed E-state index contributed by atoms with van der Waals surface area (Å²) >= 11 is 0. The van der Waals surface area contributed by atoms with Gasteiger partial charge in [0.25, 0.3) is 0 Å². The molecule has 0 heterocycles. The molecule has 0 radical (unpaired) electrons. The molecule has 1 rings (SSSR count). The summed E-state index contributed by atoms with van der Waals surface area (Å²) in [6.07, 6.45) is 0. The molecule has 0 aliphatic rings. The highest BCUT2D eigenvalue weighted by molar-refractivity contribution is 7.27. The first-order chi connectivity index (χ1) is 3.79. The van der Waals surface area contributed by atoms with Crippen LogP contribution in [-0.2, 0) is 0 Å². The average Bonchev–Trinajstić information content (AvgIpc) is 1.64. The van der Waals surface area contributed by atoms with Crippen LogP contribution in [0.3, 0.4) is 0 Å². The Bertz CT molecular complexity index is 173. The van der Waals surface area contributed by atoms with Crippen LogP contribution in [0.1, 0.15) is 0 Å². The molecule has 0 aromatic heterocycles. The summed E-state index contributed by atoms with van der Waals surface area (Å²) in [7, 11) is 2.58. The van der Waals surface area contributed by atoms with Crippen LogP contribution in [0.5, 0.6) is 0 Å². The summed E-state index contributed by atoms with van der Waals surface area (Å²) in [6.45, 7) is 0. The minimum absolute atomic E-state index is 0. The van der Waals surface area contributed by atoms with Gasteiger partial charge in [-0.25, -0.2) is 0 Å². The molecule has 0 fully saturated rings. The normalized spacial score (nSPS) is 8.11. The van der Waals surface area contributed by atoms with Gasteiger partial charge in [-0.1, -0.05) is 12.1 Å². The molecular formula is C6H10NOP. The van der Waals surface area contributed by atoms with Gasteiger partial charge in [-0.2, -0.15) is 0 Å². The smallest absolute Gasteiger partial charge is 0.0320 e. The second-order valence-electron chi connectivity index (χ2n) is 1.67. The van der Waals surface area contributed by atoms with Crippen molar-refractivity contribution in [2.24, 2.45) is 0 Å². The maximum absolute atomic E-state index is 5.45. The molecule has 0 aliphatic heterocycles. The standard InChI is InChI=1S/C6H8NP.H2O/c7-5-2-1-3-6(8)4-5;/h1-4H,7-8H2;1H2. The Morgan fingerprint density at radius 3 is 2.33 bits per heavy atom. The quantitative estimate of drug-likeness (QED) is 0.401. The van der Waals surface area contributed by atoms with E-state index in [1.165, 1.54) is 0 Å². The Kier molecular flexibility index (Phi) is 3.21. The molecule has 1 atom stereocenters. The average molecular weight is 143 g/mol. The lowest BCUT2D eigenvalue weighted by Crippen LogP contribution is -1.91. The van der Waals surface area contributed by atoms with Crippen LogP contribution >= 0.6 is 9.24 Å². The predicted octanol–water partition coefficient (Wildman–Crippen LogP) is -0.0555. The van der Waals surface area contributed by atoms with E-state index in [1.54, 1.807) is 0 Å². The van der Waals surface area contributed by atoms with E-state index < -0.39 is 0 Å². The molecule has 1 aromatic carbocycles. The molecule has 9 heavy (non-hydrogen) atoms. The number of nitrogen functional groups attached to an aromatic ring is 1. The lowest BCUT2D eigenvalue weighted by Gasteiger charge is -1.90. The van der Waals surface area contributed by atoms with Crippen LogP contribution in [0.25, 0.3) is 0 Å².